The van der Waals surface area contributed by atoms with E-state index in [2.05, 4.69) is 52.2 Å². The molecule has 3 amide bonds. The third-order valence-corrected chi connectivity index (χ3v) is 7.24. The number of halogens is 2. The van der Waals surface area contributed by atoms with E-state index < -0.39 is 12.0 Å². The molecule has 4 aromatic rings. The number of benzene rings is 3. The number of tetrazole rings is 1. The van der Waals surface area contributed by atoms with Gasteiger partial charge in [0.25, 0.3) is 0 Å². The molecule has 0 radical (unpaired) electrons. The number of anilines is 3. The van der Waals surface area contributed by atoms with E-state index in [4.69, 9.17) is 28.3 Å². The molecule has 3 aromatic carbocycles. The molecule has 1 aromatic heterocycles. The van der Waals surface area contributed by atoms with E-state index >= 15 is 0 Å². The number of hydrogen-bond donors (Lipinski definition) is 4. The maximum Gasteiger partial charge on any atom is 0.335 e. The van der Waals surface area contributed by atoms with Gasteiger partial charge in [0.05, 0.1) is 32.7 Å². The Morgan fingerprint density at radius 2 is 1.59 bits per heavy atom. The zero-order valence-electron chi connectivity index (χ0n) is 22.1. The molecular formula is C27H25Cl2N7O4S. The lowest BCUT2D eigenvalue weighted by molar-refractivity contribution is -0.113. The maximum atomic E-state index is 12.7. The van der Waals surface area contributed by atoms with Gasteiger partial charge in [-0.2, -0.15) is 4.68 Å². The van der Waals surface area contributed by atoms with Crippen LogP contribution in [-0.4, -0.2) is 49.0 Å². The molecule has 0 saturated carbocycles. The van der Waals surface area contributed by atoms with Crippen LogP contribution in [-0.2, 0) is 10.2 Å². The number of amides is 3. The molecule has 0 atom stereocenters. The van der Waals surface area contributed by atoms with Crippen molar-refractivity contribution in [2.24, 2.45) is 0 Å². The van der Waals surface area contributed by atoms with Crippen molar-refractivity contribution < 1.29 is 19.5 Å². The molecule has 0 aliphatic heterocycles. The number of rotatable bonds is 8. The molecule has 0 unspecified atom stereocenters. The SMILES string of the molecule is CC(C)(C)c1ccc(-n2nnnc2SCC(=O)Nc2ccc(NC(=O)Nc3ccc(C(=O)O)cc3)cc2Cl)c(Cl)c1. The lowest BCUT2D eigenvalue weighted by atomic mass is 9.87. The molecule has 0 fully saturated rings. The Morgan fingerprint density at radius 3 is 2.22 bits per heavy atom. The monoisotopic (exact) mass is 613 g/mol. The van der Waals surface area contributed by atoms with Crippen LogP contribution in [0, 0.1) is 0 Å². The number of nitrogens with zero attached hydrogens (tertiary/aromatic N) is 4. The van der Waals surface area contributed by atoms with Crippen LogP contribution in [0.25, 0.3) is 5.69 Å². The van der Waals surface area contributed by atoms with Crippen LogP contribution in [0.2, 0.25) is 10.0 Å². The summed E-state index contributed by atoms with van der Waals surface area (Å²) in [4.78, 5) is 35.9. The normalized spacial score (nSPS) is 11.1. The van der Waals surface area contributed by atoms with Crippen molar-refractivity contribution in [2.75, 3.05) is 21.7 Å². The van der Waals surface area contributed by atoms with E-state index in [1.165, 1.54) is 35.0 Å². The summed E-state index contributed by atoms with van der Waals surface area (Å²) in [6.07, 6.45) is 0. The van der Waals surface area contributed by atoms with Crippen molar-refractivity contribution in [1.82, 2.24) is 20.2 Å². The number of thioether (sulfide) groups is 1. The highest BCUT2D eigenvalue weighted by Crippen LogP contribution is 2.31. The zero-order valence-corrected chi connectivity index (χ0v) is 24.4. The van der Waals surface area contributed by atoms with E-state index in [1.807, 2.05) is 18.2 Å². The number of aromatic carboxylic acids is 1. The summed E-state index contributed by atoms with van der Waals surface area (Å²) in [5.41, 5.74) is 2.85. The minimum absolute atomic E-state index is 0.00251. The zero-order chi connectivity index (χ0) is 29.7. The minimum Gasteiger partial charge on any atom is -0.478 e. The van der Waals surface area contributed by atoms with Gasteiger partial charge in [0, 0.05) is 11.4 Å². The Bertz CT molecular complexity index is 1600. The summed E-state index contributed by atoms with van der Waals surface area (Å²) in [7, 11) is 0. The lowest BCUT2D eigenvalue weighted by Gasteiger charge is -2.20. The predicted octanol–water partition coefficient (Wildman–Crippen LogP) is 6.34. The van der Waals surface area contributed by atoms with Gasteiger partial charge >= 0.3 is 12.0 Å². The number of carboxylic acids is 1. The van der Waals surface area contributed by atoms with Crippen molar-refractivity contribution >= 4 is 69.9 Å². The molecule has 41 heavy (non-hydrogen) atoms. The fraction of sp³-hybridized carbons (Fsp3) is 0.185. The van der Waals surface area contributed by atoms with Crippen molar-refractivity contribution in [3.8, 4) is 5.69 Å². The average molecular weight is 615 g/mol. The van der Waals surface area contributed by atoms with E-state index in [1.54, 1.807) is 12.1 Å². The highest BCUT2D eigenvalue weighted by molar-refractivity contribution is 7.99. The summed E-state index contributed by atoms with van der Waals surface area (Å²) < 4.78 is 1.48. The lowest BCUT2D eigenvalue weighted by Crippen LogP contribution is -2.19. The summed E-state index contributed by atoms with van der Waals surface area (Å²) in [6.45, 7) is 6.28. The van der Waals surface area contributed by atoms with Crippen molar-refractivity contribution in [3.63, 3.8) is 0 Å². The Kier molecular flexibility index (Phi) is 9.16. The molecule has 0 aliphatic carbocycles. The minimum atomic E-state index is -1.06. The number of aromatic nitrogens is 4. The Balaban J connectivity index is 1.33. The van der Waals surface area contributed by atoms with E-state index in [-0.39, 0.29) is 27.7 Å². The third kappa shape index (κ3) is 7.75. The molecule has 4 rings (SSSR count). The van der Waals surface area contributed by atoms with Crippen LogP contribution in [0.3, 0.4) is 0 Å². The van der Waals surface area contributed by atoms with Crippen LogP contribution in [0.1, 0.15) is 36.7 Å². The van der Waals surface area contributed by atoms with Gasteiger partial charge in [0.1, 0.15) is 0 Å². The number of carbonyl (C=O) groups excluding carboxylic acids is 2. The van der Waals surface area contributed by atoms with Gasteiger partial charge in [-0.15, -0.1) is 5.10 Å². The van der Waals surface area contributed by atoms with E-state index in [0.717, 1.165) is 17.3 Å². The van der Waals surface area contributed by atoms with Crippen LogP contribution < -0.4 is 16.0 Å². The molecule has 14 heteroatoms. The maximum absolute atomic E-state index is 12.7. The first-order chi connectivity index (χ1) is 19.4. The number of carboxylic acid groups (broad SMARTS) is 1. The average Bonchev–Trinajstić information content (AvgIpc) is 3.37. The molecule has 0 aliphatic rings. The van der Waals surface area contributed by atoms with Crippen molar-refractivity contribution in [2.45, 2.75) is 31.3 Å². The topological polar surface area (TPSA) is 151 Å². The molecule has 0 saturated heterocycles. The fourth-order valence-electron chi connectivity index (χ4n) is 3.57. The van der Waals surface area contributed by atoms with Gasteiger partial charge in [-0.25, -0.2) is 9.59 Å². The molecule has 4 N–H and O–H groups in total. The van der Waals surface area contributed by atoms with Gasteiger partial charge in [0.2, 0.25) is 11.1 Å². The highest BCUT2D eigenvalue weighted by atomic mass is 35.5. The molecule has 11 nitrogen and oxygen atoms in total. The van der Waals surface area contributed by atoms with Crippen LogP contribution in [0.15, 0.2) is 65.8 Å². The van der Waals surface area contributed by atoms with Gasteiger partial charge in [0.15, 0.2) is 0 Å². The molecular weight excluding hydrogens is 589 g/mol. The largest absolute Gasteiger partial charge is 0.478 e. The summed E-state index contributed by atoms with van der Waals surface area (Å²) >= 11 is 14.0. The summed E-state index contributed by atoms with van der Waals surface area (Å²) in [5, 5.41) is 29.8. The number of carbonyl (C=O) groups is 3. The number of hydrogen-bond acceptors (Lipinski definition) is 7. The van der Waals surface area contributed by atoms with E-state index in [0.29, 0.717) is 32.9 Å². The first-order valence-corrected chi connectivity index (χ1v) is 13.9. The Hall–Kier alpha value is -4.13. The number of nitrogens with one attached hydrogen (secondary N) is 3. The molecule has 0 bridgehead atoms. The predicted molar refractivity (Wildman–Crippen MR) is 160 cm³/mol. The summed E-state index contributed by atoms with van der Waals surface area (Å²) in [5.74, 6) is -1.41. The summed E-state index contributed by atoms with van der Waals surface area (Å²) in [6, 6.07) is 15.5. The second kappa shape index (κ2) is 12.6. The first kappa shape index (κ1) is 29.8. The quantitative estimate of drug-likeness (QED) is 0.168. The van der Waals surface area contributed by atoms with Crippen LogP contribution in [0.4, 0.5) is 21.9 Å². The van der Waals surface area contributed by atoms with Crippen molar-refractivity contribution in [1.29, 1.82) is 0 Å². The second-order valence-electron chi connectivity index (χ2n) is 9.78. The smallest absolute Gasteiger partial charge is 0.335 e. The van der Waals surface area contributed by atoms with E-state index in [9.17, 15) is 14.4 Å². The molecule has 212 valence electrons. The Labute approximate surface area is 249 Å². The van der Waals surface area contributed by atoms with Gasteiger partial charge in [-0.1, -0.05) is 61.8 Å². The molecule has 1 heterocycles. The first-order valence-electron chi connectivity index (χ1n) is 12.1. The van der Waals surface area contributed by atoms with Gasteiger partial charge in [-0.3, -0.25) is 4.79 Å². The second-order valence-corrected chi connectivity index (χ2v) is 11.5. The highest BCUT2D eigenvalue weighted by Gasteiger charge is 2.19. The molecule has 0 spiro atoms. The fourth-order valence-corrected chi connectivity index (χ4v) is 4.74. The van der Waals surface area contributed by atoms with Gasteiger partial charge in [-0.05, 0) is 76.0 Å². The number of urea groups is 1. The van der Waals surface area contributed by atoms with Crippen LogP contribution >= 0.6 is 35.0 Å². The van der Waals surface area contributed by atoms with Crippen LogP contribution in [0.5, 0.6) is 0 Å². The van der Waals surface area contributed by atoms with Crippen molar-refractivity contribution in [3.05, 3.63) is 81.8 Å². The third-order valence-electron chi connectivity index (χ3n) is 5.71. The van der Waals surface area contributed by atoms with Gasteiger partial charge < -0.3 is 21.1 Å². The standard InChI is InChI=1S/C27H25Cl2N7O4S/c1-27(2,3)16-6-11-22(20(29)12-16)36-26(33-34-35-36)41-14-23(37)32-21-10-9-18(13-19(21)28)31-25(40)30-17-7-4-15(5-8-17)24(38)39/h4-13H,14H2,1-3H3,(H,32,37)(H,38,39)(H2,30,31,40). The Morgan fingerprint density at radius 1 is 0.902 bits per heavy atom.